The molecular weight excluding hydrogens is 216 g/mol. The van der Waals surface area contributed by atoms with Gasteiger partial charge in [-0.05, 0) is 0 Å². The van der Waals surface area contributed by atoms with Crippen molar-refractivity contribution in [1.82, 2.24) is 0 Å². The van der Waals surface area contributed by atoms with Gasteiger partial charge in [-0.3, -0.25) is 0 Å². The zero-order valence-corrected chi connectivity index (χ0v) is 11.9. The van der Waals surface area contributed by atoms with E-state index in [1.54, 1.807) is 41.5 Å². The summed E-state index contributed by atoms with van der Waals surface area (Å²) in [4.78, 5) is 0. The van der Waals surface area contributed by atoms with Crippen LogP contribution in [0, 0.1) is 0 Å². The van der Waals surface area contributed by atoms with E-state index in [4.69, 9.17) is 0 Å². The van der Waals surface area contributed by atoms with Crippen LogP contribution in [0.1, 0.15) is 41.5 Å². The van der Waals surface area contributed by atoms with E-state index in [1.807, 2.05) is 5.23 Å². The quantitative estimate of drug-likeness (QED) is 0.653. The van der Waals surface area contributed by atoms with Crippen LogP contribution in [0.5, 0.6) is 0 Å². The molecule has 3 N–H and O–H groups in total. The molecule has 0 heterocycles. The number of hydrogen-bond acceptors (Lipinski definition) is 3. The molecule has 0 saturated heterocycles. The van der Waals surface area contributed by atoms with Crippen LogP contribution < -0.4 is 0 Å². The molecule has 0 aliphatic heterocycles. The predicted molar refractivity (Wildman–Crippen MR) is 54.8 cm³/mol. The minimum atomic E-state index is -3.27. The molecule has 0 amide bonds. The zero-order chi connectivity index (χ0) is 12.0. The Morgan fingerprint density at radius 2 is 0.786 bits per heavy atom. The van der Waals surface area contributed by atoms with E-state index in [2.05, 4.69) is 0 Å². The zero-order valence-electron chi connectivity index (χ0n) is 10.3. The molecule has 0 aliphatic rings. The summed E-state index contributed by atoms with van der Waals surface area (Å²) in [6, 6.07) is 0. The molecule has 0 rings (SSSR count). The van der Waals surface area contributed by atoms with Gasteiger partial charge in [0, 0.05) is 0 Å². The molecule has 3 nitrogen and oxygen atoms in total. The predicted octanol–water partition coefficient (Wildman–Crippen LogP) is 1.37. The Labute approximate surface area is 90.5 Å². The van der Waals surface area contributed by atoms with Gasteiger partial charge in [0.15, 0.2) is 0 Å². The second-order valence-corrected chi connectivity index (χ2v) is 15.0. The summed E-state index contributed by atoms with van der Waals surface area (Å²) >= 11 is -3.27. The van der Waals surface area contributed by atoms with Gasteiger partial charge >= 0.3 is 90.4 Å². The fraction of sp³-hybridized carbons (Fsp3) is 1.00. The summed E-state index contributed by atoms with van der Waals surface area (Å²) in [5.74, 6) is 0. The Morgan fingerprint density at radius 3 is 0.786 bits per heavy atom. The van der Waals surface area contributed by atoms with Crippen molar-refractivity contribution in [3.8, 4) is 0 Å². The summed E-state index contributed by atoms with van der Waals surface area (Å²) in [6.07, 6.45) is 0. The van der Waals surface area contributed by atoms with E-state index in [9.17, 15) is 15.3 Å². The van der Waals surface area contributed by atoms with Gasteiger partial charge in [0.1, 0.15) is 0 Å². The van der Waals surface area contributed by atoms with E-state index < -0.39 is 28.3 Å². The minimum absolute atomic E-state index is 0.990. The van der Waals surface area contributed by atoms with Gasteiger partial charge in [0.05, 0.1) is 0 Å². The van der Waals surface area contributed by atoms with Crippen molar-refractivity contribution < 1.29 is 31.9 Å². The van der Waals surface area contributed by atoms with Crippen molar-refractivity contribution in [2.24, 2.45) is 0 Å². The summed E-state index contributed by atoms with van der Waals surface area (Å²) in [6.45, 7) is 10.1. The van der Waals surface area contributed by atoms with Crippen LogP contribution in [0.4, 0.5) is 0 Å². The fourth-order valence-electron chi connectivity index (χ4n) is 2.25. The first kappa shape index (κ1) is 14.6. The molecule has 0 aliphatic carbocycles. The standard InChI is InChI=1S/3C3H7O.CH3.Ti/c3*1-3(2)4;;/h3*4H,1-2H3;1H3;. The van der Waals surface area contributed by atoms with E-state index in [0.717, 1.165) is 0 Å². The maximum absolute atomic E-state index is 10.2. The monoisotopic (exact) mass is 240 g/mol. The van der Waals surface area contributed by atoms with Gasteiger partial charge in [-0.1, -0.05) is 0 Å². The average Bonchev–Trinajstić information content (AvgIpc) is 1.77. The van der Waals surface area contributed by atoms with Gasteiger partial charge in [-0.25, -0.2) is 0 Å². The van der Waals surface area contributed by atoms with Crippen molar-refractivity contribution in [2.45, 2.75) is 58.5 Å². The number of hydrogen-bond donors (Lipinski definition) is 3. The second kappa shape index (κ2) is 3.56. The van der Waals surface area contributed by atoms with Crippen LogP contribution >= 0.6 is 0 Å². The van der Waals surface area contributed by atoms with Gasteiger partial charge in [-0.2, -0.15) is 0 Å². The van der Waals surface area contributed by atoms with Crippen molar-refractivity contribution in [2.75, 3.05) is 0 Å². The first-order chi connectivity index (χ1) is 5.75. The van der Waals surface area contributed by atoms with Gasteiger partial charge in [0.25, 0.3) is 0 Å². The topological polar surface area (TPSA) is 60.7 Å². The maximum atomic E-state index is 10.2. The normalized spacial score (nSPS) is 15.9. The molecule has 0 aromatic rings. The first-order valence-corrected chi connectivity index (χ1v) is 8.82. The summed E-state index contributed by atoms with van der Waals surface area (Å²) in [5, 5.41) is 32.4. The molecule has 0 spiro atoms. The van der Waals surface area contributed by atoms with E-state index in [0.29, 0.717) is 0 Å². The SMILES string of the molecule is C[C](C)(O)[Ti]([CH3])([C](C)(C)O)[C](C)(C)O. The van der Waals surface area contributed by atoms with Gasteiger partial charge < -0.3 is 0 Å². The first-order valence-electron chi connectivity index (χ1n) is 4.92. The molecule has 14 heavy (non-hydrogen) atoms. The van der Waals surface area contributed by atoms with Crippen LogP contribution in [0.3, 0.4) is 0 Å². The molecule has 0 aromatic carbocycles. The Bertz CT molecular complexity index is 169. The summed E-state index contributed by atoms with van der Waals surface area (Å²) < 4.78 is -2.97. The molecule has 0 bridgehead atoms. The molecule has 4 heteroatoms. The Kier molecular flexibility index (Phi) is 3.72. The van der Waals surface area contributed by atoms with Crippen LogP contribution in [-0.2, 0) is 16.6 Å². The molecule has 0 fully saturated rings. The van der Waals surface area contributed by atoms with E-state index in [-0.39, 0.29) is 0 Å². The van der Waals surface area contributed by atoms with Crippen molar-refractivity contribution in [3.05, 3.63) is 0 Å². The van der Waals surface area contributed by atoms with Crippen LogP contribution in [0.2, 0.25) is 5.23 Å². The number of rotatable bonds is 3. The number of aliphatic hydroxyl groups is 3. The van der Waals surface area contributed by atoms with Crippen molar-refractivity contribution >= 4 is 0 Å². The molecule has 0 saturated carbocycles. The summed E-state index contributed by atoms with van der Waals surface area (Å²) in [7, 11) is 0. The summed E-state index contributed by atoms with van der Waals surface area (Å²) in [5.41, 5.74) is 0. The fourth-order valence-corrected chi connectivity index (χ4v) is 9.26. The molecule has 0 aromatic heterocycles. The van der Waals surface area contributed by atoms with Crippen molar-refractivity contribution in [3.63, 3.8) is 0 Å². The van der Waals surface area contributed by atoms with Crippen LogP contribution in [0.25, 0.3) is 0 Å². The van der Waals surface area contributed by atoms with E-state index in [1.165, 1.54) is 0 Å². The molecule has 0 atom stereocenters. The third kappa shape index (κ3) is 2.22. The second-order valence-electron chi connectivity index (χ2n) is 5.80. The third-order valence-electron chi connectivity index (χ3n) is 3.67. The molecule has 86 valence electrons. The van der Waals surface area contributed by atoms with Crippen LogP contribution in [-0.4, -0.2) is 27.0 Å². The van der Waals surface area contributed by atoms with E-state index >= 15 is 0 Å². The van der Waals surface area contributed by atoms with Crippen LogP contribution in [0.15, 0.2) is 0 Å². The average molecular weight is 240 g/mol. The molecular formula is C10H24O3Ti. The van der Waals surface area contributed by atoms with Gasteiger partial charge in [0.2, 0.25) is 0 Å². The van der Waals surface area contributed by atoms with Crippen molar-refractivity contribution in [1.29, 1.82) is 0 Å². The Morgan fingerprint density at radius 1 is 0.643 bits per heavy atom. The molecule has 0 radical (unpaired) electrons. The Balaban J connectivity index is 5.54. The Hall–Kier alpha value is 0.594. The van der Waals surface area contributed by atoms with Gasteiger partial charge in [-0.15, -0.1) is 0 Å². The third-order valence-corrected chi connectivity index (χ3v) is 15.1. The molecule has 0 unspecified atom stereocenters.